The number of carbonyl (C=O) groups is 2. The molecule has 0 atom stereocenters. The summed E-state index contributed by atoms with van der Waals surface area (Å²) >= 11 is 1.33. The fraction of sp³-hybridized carbons (Fsp3) is 0.476. The maximum atomic E-state index is 13.2. The number of carboxylic acid groups (broad SMARTS) is 1. The van der Waals surface area contributed by atoms with Crippen LogP contribution in [-0.2, 0) is 4.79 Å². The van der Waals surface area contributed by atoms with Crippen LogP contribution in [0.15, 0.2) is 23.5 Å². The van der Waals surface area contributed by atoms with Gasteiger partial charge < -0.3 is 20.5 Å². The third kappa shape index (κ3) is 4.58. The van der Waals surface area contributed by atoms with Crippen molar-refractivity contribution in [2.45, 2.75) is 43.2 Å². The van der Waals surface area contributed by atoms with Gasteiger partial charge in [-0.15, -0.1) is 0 Å². The normalized spacial score (nSPS) is 21.2. The van der Waals surface area contributed by atoms with Crippen LogP contribution in [-0.4, -0.2) is 51.3 Å². The van der Waals surface area contributed by atoms with Crippen molar-refractivity contribution in [2.24, 2.45) is 5.92 Å². The highest BCUT2D eigenvalue weighted by Gasteiger charge is 2.30. The van der Waals surface area contributed by atoms with E-state index in [1.165, 1.54) is 11.8 Å². The van der Waals surface area contributed by atoms with Gasteiger partial charge in [-0.3, -0.25) is 14.6 Å². The van der Waals surface area contributed by atoms with E-state index < -0.39 is 5.97 Å². The molecule has 1 saturated carbocycles. The Morgan fingerprint density at radius 3 is 2.71 bits per heavy atom. The van der Waals surface area contributed by atoms with E-state index in [-0.39, 0.29) is 35.5 Å². The fourth-order valence-corrected chi connectivity index (χ4v) is 4.62. The number of rotatable bonds is 5. The molecule has 1 amide bonds. The van der Waals surface area contributed by atoms with Gasteiger partial charge in [0, 0.05) is 18.0 Å². The van der Waals surface area contributed by atoms with Crippen molar-refractivity contribution in [2.75, 3.05) is 30.0 Å². The lowest BCUT2D eigenvalue weighted by Crippen LogP contribution is -2.33. The number of nitrogen functional groups attached to an aromatic ring is 1. The minimum atomic E-state index is -0.727. The van der Waals surface area contributed by atoms with E-state index >= 15 is 0 Å². The van der Waals surface area contributed by atoms with Crippen LogP contribution in [0.4, 0.5) is 11.5 Å². The minimum Gasteiger partial charge on any atom is -0.481 e. The Hall–Kier alpha value is -2.88. The first-order valence-corrected chi connectivity index (χ1v) is 11.5. The lowest BCUT2D eigenvalue weighted by molar-refractivity contribution is -0.138. The number of aliphatic carboxylic acids is 1. The van der Waals surface area contributed by atoms with Gasteiger partial charge >= 0.3 is 5.97 Å². The topological polar surface area (TPSA) is 132 Å². The standard InChI is InChI=1S/C21H25N5O4S/c1-31-21-24-18(22)17-19(25-21)30-9-8-26(20(17)29)14-6-7-15(23-11-14)13-4-2-12(3-5-13)10-16(27)28/h6-7,11-13H,2-5,8-10H2,1H3,(H,27,28)(H2,22,24,25). The SMILES string of the molecule is CSc1nc(N)c2c(n1)OCCN(c1ccc(C3CCC(CC(=O)O)CC3)nc1)C2=O. The van der Waals surface area contributed by atoms with Crippen LogP contribution in [0.1, 0.15) is 54.1 Å². The first kappa shape index (κ1) is 21.4. The van der Waals surface area contributed by atoms with Crippen molar-refractivity contribution >= 4 is 35.1 Å². The summed E-state index contributed by atoms with van der Waals surface area (Å²) in [5.41, 5.74) is 7.85. The molecule has 0 aromatic carbocycles. The van der Waals surface area contributed by atoms with Crippen molar-refractivity contribution in [3.05, 3.63) is 29.6 Å². The van der Waals surface area contributed by atoms with Crippen molar-refractivity contribution in [3.63, 3.8) is 0 Å². The van der Waals surface area contributed by atoms with Gasteiger partial charge in [0.05, 0.1) is 18.4 Å². The number of nitrogens with two attached hydrogens (primary N) is 1. The Bertz CT molecular complexity index is 976. The highest BCUT2D eigenvalue weighted by molar-refractivity contribution is 7.98. The summed E-state index contributed by atoms with van der Waals surface area (Å²) in [6, 6.07) is 3.84. The van der Waals surface area contributed by atoms with E-state index in [0.717, 1.165) is 31.4 Å². The first-order valence-electron chi connectivity index (χ1n) is 10.3. The van der Waals surface area contributed by atoms with Gasteiger partial charge in [-0.05, 0) is 50.0 Å². The molecular formula is C21H25N5O4S. The average molecular weight is 444 g/mol. The number of fused-ring (bicyclic) bond motifs is 1. The molecule has 2 aromatic rings. The summed E-state index contributed by atoms with van der Waals surface area (Å²) in [7, 11) is 0. The average Bonchev–Trinajstić information content (AvgIpc) is 2.93. The number of carbonyl (C=O) groups excluding carboxylic acids is 1. The van der Waals surface area contributed by atoms with Crippen molar-refractivity contribution in [1.29, 1.82) is 0 Å². The smallest absolute Gasteiger partial charge is 0.303 e. The van der Waals surface area contributed by atoms with Gasteiger partial charge in [0.15, 0.2) is 5.16 Å². The second-order valence-corrected chi connectivity index (χ2v) is 8.61. The lowest BCUT2D eigenvalue weighted by atomic mass is 9.79. The third-order valence-corrected chi connectivity index (χ3v) is 6.44. The quantitative estimate of drug-likeness (QED) is 0.529. The van der Waals surface area contributed by atoms with Crippen LogP contribution >= 0.6 is 11.8 Å². The summed E-state index contributed by atoms with van der Waals surface area (Å²) in [4.78, 5) is 38.7. The molecule has 10 heteroatoms. The number of thioether (sulfide) groups is 1. The Morgan fingerprint density at radius 1 is 1.29 bits per heavy atom. The Balaban J connectivity index is 1.49. The van der Waals surface area contributed by atoms with E-state index in [4.69, 9.17) is 15.6 Å². The molecule has 1 fully saturated rings. The van der Waals surface area contributed by atoms with Crippen LogP contribution in [0.25, 0.3) is 0 Å². The molecule has 164 valence electrons. The molecular weight excluding hydrogens is 418 g/mol. The minimum absolute atomic E-state index is 0.106. The number of pyridine rings is 1. The highest BCUT2D eigenvalue weighted by Crippen LogP contribution is 2.37. The van der Waals surface area contributed by atoms with Gasteiger partial charge in [-0.25, -0.2) is 4.98 Å². The molecule has 0 spiro atoms. The van der Waals surface area contributed by atoms with E-state index in [9.17, 15) is 9.59 Å². The van der Waals surface area contributed by atoms with Gasteiger partial charge in [-0.1, -0.05) is 11.8 Å². The predicted octanol–water partition coefficient (Wildman–Crippen LogP) is 2.96. The summed E-state index contributed by atoms with van der Waals surface area (Å²) in [5, 5.41) is 9.44. The summed E-state index contributed by atoms with van der Waals surface area (Å²) in [6.45, 7) is 0.642. The number of amides is 1. The van der Waals surface area contributed by atoms with Crippen molar-refractivity contribution in [1.82, 2.24) is 15.0 Å². The molecule has 0 radical (unpaired) electrons. The molecule has 3 N–H and O–H groups in total. The molecule has 1 aliphatic heterocycles. The van der Waals surface area contributed by atoms with Crippen LogP contribution in [0.3, 0.4) is 0 Å². The van der Waals surface area contributed by atoms with E-state index in [0.29, 0.717) is 29.9 Å². The monoisotopic (exact) mass is 443 g/mol. The maximum absolute atomic E-state index is 13.2. The molecule has 0 unspecified atom stereocenters. The van der Waals surface area contributed by atoms with Gasteiger partial charge in [0.1, 0.15) is 18.0 Å². The zero-order valence-electron chi connectivity index (χ0n) is 17.3. The first-order chi connectivity index (χ1) is 15.0. The molecule has 31 heavy (non-hydrogen) atoms. The number of hydrogen-bond acceptors (Lipinski definition) is 8. The number of ether oxygens (including phenoxy) is 1. The Kier molecular flexibility index (Phi) is 6.26. The molecule has 4 rings (SSSR count). The van der Waals surface area contributed by atoms with Crippen molar-refractivity contribution in [3.8, 4) is 5.88 Å². The molecule has 0 saturated heterocycles. The van der Waals surface area contributed by atoms with E-state index in [1.807, 2.05) is 18.4 Å². The second kappa shape index (κ2) is 9.09. The molecule has 2 aliphatic rings. The van der Waals surface area contributed by atoms with Crippen molar-refractivity contribution < 1.29 is 19.4 Å². The number of anilines is 2. The summed E-state index contributed by atoms with van der Waals surface area (Å²) < 4.78 is 5.68. The number of hydrogen-bond donors (Lipinski definition) is 2. The van der Waals surface area contributed by atoms with Crippen LogP contribution in [0.5, 0.6) is 5.88 Å². The predicted molar refractivity (Wildman–Crippen MR) is 117 cm³/mol. The number of carboxylic acids is 1. The molecule has 9 nitrogen and oxygen atoms in total. The molecule has 2 aromatic heterocycles. The summed E-state index contributed by atoms with van der Waals surface area (Å²) in [5.74, 6) is -0.143. The fourth-order valence-electron chi connectivity index (χ4n) is 4.26. The second-order valence-electron chi connectivity index (χ2n) is 7.84. The van der Waals surface area contributed by atoms with Crippen LogP contribution < -0.4 is 15.4 Å². The molecule has 3 heterocycles. The Morgan fingerprint density at radius 2 is 2.06 bits per heavy atom. The van der Waals surface area contributed by atoms with E-state index in [2.05, 4.69) is 15.0 Å². The molecule has 0 bridgehead atoms. The van der Waals surface area contributed by atoms with Crippen LogP contribution in [0.2, 0.25) is 0 Å². The van der Waals surface area contributed by atoms with Gasteiger partial charge in [-0.2, -0.15) is 4.98 Å². The maximum Gasteiger partial charge on any atom is 0.303 e. The van der Waals surface area contributed by atoms with Crippen LogP contribution in [0, 0.1) is 5.92 Å². The Labute approximate surface area is 184 Å². The zero-order chi connectivity index (χ0) is 22.0. The van der Waals surface area contributed by atoms with Gasteiger partial charge in [0.2, 0.25) is 5.88 Å². The lowest BCUT2D eigenvalue weighted by Gasteiger charge is -2.27. The van der Waals surface area contributed by atoms with E-state index in [1.54, 1.807) is 11.1 Å². The zero-order valence-corrected chi connectivity index (χ0v) is 18.1. The largest absolute Gasteiger partial charge is 0.481 e. The number of aromatic nitrogens is 3. The number of nitrogens with zero attached hydrogens (tertiary/aromatic N) is 4. The highest BCUT2D eigenvalue weighted by atomic mass is 32.2. The third-order valence-electron chi connectivity index (χ3n) is 5.89. The summed E-state index contributed by atoms with van der Waals surface area (Å²) in [6.07, 6.45) is 7.43. The molecule has 1 aliphatic carbocycles. The van der Waals surface area contributed by atoms with Gasteiger partial charge in [0.25, 0.3) is 5.91 Å².